The molecule has 0 aromatic heterocycles. The van der Waals surface area contributed by atoms with Crippen molar-refractivity contribution in [1.29, 1.82) is 0 Å². The van der Waals surface area contributed by atoms with Gasteiger partial charge in [0.15, 0.2) is 0 Å². The summed E-state index contributed by atoms with van der Waals surface area (Å²) in [6.45, 7) is 0.823. The van der Waals surface area contributed by atoms with E-state index in [-0.39, 0.29) is 18.4 Å². The molecule has 0 bridgehead atoms. The molecule has 1 unspecified atom stereocenters. The number of amides is 2. The van der Waals surface area contributed by atoms with E-state index in [9.17, 15) is 22.8 Å². The molecule has 1 heterocycles. The highest BCUT2D eigenvalue weighted by atomic mass is 19.4. The summed E-state index contributed by atoms with van der Waals surface area (Å²) < 4.78 is 43.2. The third-order valence-corrected chi connectivity index (χ3v) is 4.89. The number of nitrogens with zero attached hydrogens (tertiary/aromatic N) is 1. The average Bonchev–Trinajstić information content (AvgIpc) is 2.74. The summed E-state index contributed by atoms with van der Waals surface area (Å²) in [4.78, 5) is 24.4. The standard InChI is InChI=1S/C22H22F3N3O3/c23-22(24,25)17-7-9-18(10-8-17)28-14-15(12-16-4-1-2-5-19(16)28)13-27-20(29)6-3-11-31-21(26)30/h1-10,15H,11-14H2,(H2,26,30)(H,27,29). The van der Waals surface area contributed by atoms with Crippen molar-refractivity contribution in [2.24, 2.45) is 11.7 Å². The van der Waals surface area contributed by atoms with Crippen LogP contribution in [0.15, 0.2) is 60.7 Å². The number of alkyl halides is 3. The maximum atomic E-state index is 12.9. The van der Waals surface area contributed by atoms with Gasteiger partial charge in [-0.3, -0.25) is 4.79 Å². The van der Waals surface area contributed by atoms with Crippen molar-refractivity contribution in [3.8, 4) is 0 Å². The van der Waals surface area contributed by atoms with Crippen LogP contribution in [0.3, 0.4) is 0 Å². The minimum Gasteiger partial charge on any atom is -0.445 e. The third-order valence-electron chi connectivity index (χ3n) is 4.89. The smallest absolute Gasteiger partial charge is 0.416 e. The van der Waals surface area contributed by atoms with E-state index in [1.807, 2.05) is 29.2 Å². The van der Waals surface area contributed by atoms with E-state index in [0.717, 1.165) is 29.8 Å². The first kappa shape index (κ1) is 22.2. The highest BCUT2D eigenvalue weighted by Gasteiger charge is 2.31. The molecule has 2 amide bonds. The summed E-state index contributed by atoms with van der Waals surface area (Å²) in [5.41, 5.74) is 6.79. The number of carbonyl (C=O) groups excluding carboxylic acids is 2. The van der Waals surface area contributed by atoms with Crippen molar-refractivity contribution >= 4 is 23.4 Å². The first-order valence-electron chi connectivity index (χ1n) is 9.63. The molecule has 3 rings (SSSR count). The zero-order valence-corrected chi connectivity index (χ0v) is 16.6. The first-order chi connectivity index (χ1) is 14.7. The van der Waals surface area contributed by atoms with Crippen LogP contribution in [0.2, 0.25) is 0 Å². The number of carbonyl (C=O) groups is 2. The van der Waals surface area contributed by atoms with Gasteiger partial charge in [0.25, 0.3) is 0 Å². The van der Waals surface area contributed by atoms with Gasteiger partial charge in [-0.1, -0.05) is 18.2 Å². The molecule has 3 N–H and O–H groups in total. The van der Waals surface area contributed by atoms with Crippen molar-refractivity contribution in [3.63, 3.8) is 0 Å². The lowest BCUT2D eigenvalue weighted by atomic mass is 9.91. The van der Waals surface area contributed by atoms with Gasteiger partial charge in [-0.25, -0.2) is 4.79 Å². The molecule has 1 aliphatic rings. The predicted molar refractivity (Wildman–Crippen MR) is 110 cm³/mol. The quantitative estimate of drug-likeness (QED) is 0.679. The van der Waals surface area contributed by atoms with Crippen LogP contribution in [0.25, 0.3) is 0 Å². The maximum absolute atomic E-state index is 12.9. The Hall–Kier alpha value is -3.49. The van der Waals surface area contributed by atoms with Crippen LogP contribution in [0.1, 0.15) is 11.1 Å². The summed E-state index contributed by atoms with van der Waals surface area (Å²) in [5, 5.41) is 2.80. The first-order valence-corrected chi connectivity index (χ1v) is 9.63. The van der Waals surface area contributed by atoms with E-state index in [4.69, 9.17) is 5.73 Å². The van der Waals surface area contributed by atoms with Gasteiger partial charge in [0, 0.05) is 30.5 Å². The molecule has 1 atom stereocenters. The Balaban J connectivity index is 1.69. The predicted octanol–water partition coefficient (Wildman–Crippen LogP) is 3.78. The molecule has 9 heteroatoms. The van der Waals surface area contributed by atoms with E-state index in [2.05, 4.69) is 10.1 Å². The minimum atomic E-state index is -4.39. The van der Waals surface area contributed by atoms with Crippen molar-refractivity contribution in [3.05, 3.63) is 71.8 Å². The summed E-state index contributed by atoms with van der Waals surface area (Å²) >= 11 is 0. The summed E-state index contributed by atoms with van der Waals surface area (Å²) in [7, 11) is 0. The number of anilines is 2. The molecule has 0 saturated carbocycles. The number of ether oxygens (including phenoxy) is 1. The van der Waals surface area contributed by atoms with E-state index >= 15 is 0 Å². The number of hydrogen-bond donors (Lipinski definition) is 2. The zero-order valence-electron chi connectivity index (χ0n) is 16.6. The fraction of sp³-hybridized carbons (Fsp3) is 0.273. The molecule has 164 valence electrons. The van der Waals surface area contributed by atoms with E-state index in [0.29, 0.717) is 18.8 Å². The lowest BCUT2D eigenvalue weighted by Gasteiger charge is -2.36. The van der Waals surface area contributed by atoms with Gasteiger partial charge in [0.2, 0.25) is 5.91 Å². The molecule has 2 aromatic carbocycles. The van der Waals surface area contributed by atoms with E-state index in [1.54, 1.807) is 0 Å². The SMILES string of the molecule is NC(=O)OCC=CC(=O)NCC1Cc2ccccc2N(c2ccc(C(F)(F)F)cc2)C1. The van der Waals surface area contributed by atoms with Crippen molar-refractivity contribution < 1.29 is 27.5 Å². The Kier molecular flexibility index (Phi) is 6.84. The van der Waals surface area contributed by atoms with Gasteiger partial charge in [0.1, 0.15) is 6.61 Å². The van der Waals surface area contributed by atoms with Gasteiger partial charge in [-0.05, 0) is 54.3 Å². The number of benzene rings is 2. The number of fused-ring (bicyclic) bond motifs is 1. The summed E-state index contributed by atoms with van der Waals surface area (Å²) in [6, 6.07) is 12.8. The molecule has 0 fully saturated rings. The Morgan fingerprint density at radius 2 is 1.87 bits per heavy atom. The molecule has 31 heavy (non-hydrogen) atoms. The topological polar surface area (TPSA) is 84.7 Å². The number of nitrogens with one attached hydrogen (secondary N) is 1. The van der Waals surface area contributed by atoms with Gasteiger partial charge in [-0.15, -0.1) is 0 Å². The molecule has 0 radical (unpaired) electrons. The number of hydrogen-bond acceptors (Lipinski definition) is 4. The van der Waals surface area contributed by atoms with Gasteiger partial charge in [0.05, 0.1) is 5.56 Å². The fourth-order valence-corrected chi connectivity index (χ4v) is 3.48. The number of para-hydroxylation sites is 1. The van der Waals surface area contributed by atoms with E-state index in [1.165, 1.54) is 24.3 Å². The highest BCUT2D eigenvalue weighted by molar-refractivity contribution is 5.87. The minimum absolute atomic E-state index is 0.0522. The molecular weight excluding hydrogens is 411 g/mol. The van der Waals surface area contributed by atoms with Crippen LogP contribution < -0.4 is 16.0 Å². The molecule has 6 nitrogen and oxygen atoms in total. The lowest BCUT2D eigenvalue weighted by Crippen LogP contribution is -2.39. The van der Waals surface area contributed by atoms with Crippen LogP contribution >= 0.6 is 0 Å². The zero-order chi connectivity index (χ0) is 22.4. The summed E-state index contributed by atoms with van der Waals surface area (Å²) in [5.74, 6) is -0.288. The van der Waals surface area contributed by atoms with E-state index < -0.39 is 17.8 Å². The second-order valence-corrected chi connectivity index (χ2v) is 7.13. The van der Waals surface area contributed by atoms with Crippen molar-refractivity contribution in [2.45, 2.75) is 12.6 Å². The summed E-state index contributed by atoms with van der Waals surface area (Å²) in [6.07, 6.45) is -1.95. The van der Waals surface area contributed by atoms with Crippen LogP contribution in [0, 0.1) is 5.92 Å². The van der Waals surface area contributed by atoms with Gasteiger partial charge >= 0.3 is 12.3 Å². The Bertz CT molecular complexity index is 958. The lowest BCUT2D eigenvalue weighted by molar-refractivity contribution is -0.137. The van der Waals surface area contributed by atoms with Crippen molar-refractivity contribution in [1.82, 2.24) is 5.32 Å². The third kappa shape index (κ3) is 6.00. The number of primary amides is 1. The molecule has 0 saturated heterocycles. The van der Waals surface area contributed by atoms with Crippen LogP contribution in [-0.2, 0) is 22.1 Å². The Labute approximate surface area is 177 Å². The fourth-order valence-electron chi connectivity index (χ4n) is 3.48. The number of halogens is 3. The molecule has 0 aliphatic carbocycles. The van der Waals surface area contributed by atoms with Gasteiger partial charge < -0.3 is 20.7 Å². The normalized spacial score (nSPS) is 16.1. The largest absolute Gasteiger partial charge is 0.445 e. The average molecular weight is 433 g/mol. The molecule has 2 aromatic rings. The van der Waals surface area contributed by atoms with Crippen molar-refractivity contribution in [2.75, 3.05) is 24.6 Å². The highest BCUT2D eigenvalue weighted by Crippen LogP contribution is 2.37. The Morgan fingerprint density at radius 3 is 2.55 bits per heavy atom. The van der Waals surface area contributed by atoms with Crippen LogP contribution in [0.5, 0.6) is 0 Å². The number of rotatable bonds is 6. The Morgan fingerprint density at radius 1 is 1.16 bits per heavy atom. The molecule has 0 spiro atoms. The second-order valence-electron chi connectivity index (χ2n) is 7.13. The van der Waals surface area contributed by atoms with Gasteiger partial charge in [-0.2, -0.15) is 13.2 Å². The maximum Gasteiger partial charge on any atom is 0.416 e. The monoisotopic (exact) mass is 433 g/mol. The van der Waals surface area contributed by atoms with Crippen LogP contribution in [0.4, 0.5) is 29.3 Å². The molecular formula is C22H22F3N3O3. The molecule has 1 aliphatic heterocycles. The second kappa shape index (κ2) is 9.55. The van der Waals surface area contributed by atoms with Crippen LogP contribution in [-0.4, -0.2) is 31.7 Å². The number of nitrogens with two attached hydrogens (primary N) is 1.